The van der Waals surface area contributed by atoms with E-state index in [9.17, 15) is 0 Å². The molecule has 1 aliphatic heterocycles. The molecular formula is C24H23ClNOP. The normalized spacial score (nSPS) is 16.3. The number of benzene rings is 3. The van der Waals surface area contributed by atoms with Crippen molar-refractivity contribution in [2.24, 2.45) is 10.9 Å². The maximum absolute atomic E-state index is 6.45. The van der Waals surface area contributed by atoms with E-state index in [1.807, 2.05) is 6.07 Å². The zero-order valence-corrected chi connectivity index (χ0v) is 17.7. The molecule has 3 aromatic carbocycles. The van der Waals surface area contributed by atoms with Crippen LogP contribution in [0, 0.1) is 5.92 Å². The van der Waals surface area contributed by atoms with E-state index in [0.29, 0.717) is 12.5 Å². The number of halogens is 1. The average Bonchev–Trinajstić information content (AvgIpc) is 3.20. The molecule has 0 aromatic heterocycles. The summed E-state index contributed by atoms with van der Waals surface area (Å²) in [5.74, 6) is 1.20. The Labute approximate surface area is 173 Å². The van der Waals surface area contributed by atoms with Crippen LogP contribution in [-0.4, -0.2) is 18.5 Å². The third kappa shape index (κ3) is 3.99. The van der Waals surface area contributed by atoms with Gasteiger partial charge in [0.15, 0.2) is 0 Å². The third-order valence-corrected chi connectivity index (χ3v) is 7.62. The summed E-state index contributed by atoms with van der Waals surface area (Å²) in [6.45, 7) is 5.01. The number of aliphatic imine (C=N–C) groups is 1. The van der Waals surface area contributed by atoms with Crippen molar-refractivity contribution in [1.29, 1.82) is 0 Å². The van der Waals surface area contributed by atoms with Crippen molar-refractivity contribution in [2.75, 3.05) is 6.61 Å². The van der Waals surface area contributed by atoms with Crippen molar-refractivity contribution >= 4 is 41.3 Å². The van der Waals surface area contributed by atoms with Gasteiger partial charge in [-0.1, -0.05) is 86.1 Å². The Hall–Kier alpha value is -2.15. The molecule has 0 fully saturated rings. The van der Waals surface area contributed by atoms with E-state index in [0.717, 1.165) is 16.5 Å². The Morgan fingerprint density at radius 1 is 0.929 bits per heavy atom. The minimum Gasteiger partial charge on any atom is -0.475 e. The molecule has 4 rings (SSSR count). The zero-order chi connectivity index (χ0) is 19.5. The molecule has 3 aromatic rings. The molecule has 0 spiro atoms. The van der Waals surface area contributed by atoms with Crippen LogP contribution in [0.4, 0.5) is 0 Å². The highest BCUT2D eigenvalue weighted by atomic mass is 35.5. The molecule has 1 atom stereocenters. The van der Waals surface area contributed by atoms with E-state index in [2.05, 4.69) is 86.6 Å². The molecule has 0 bridgehead atoms. The first-order chi connectivity index (χ1) is 13.6. The van der Waals surface area contributed by atoms with E-state index < -0.39 is 7.92 Å². The van der Waals surface area contributed by atoms with Crippen LogP contribution in [0.1, 0.15) is 19.4 Å². The first-order valence-electron chi connectivity index (χ1n) is 9.54. The van der Waals surface area contributed by atoms with E-state index in [1.54, 1.807) is 0 Å². The summed E-state index contributed by atoms with van der Waals surface area (Å²) in [7, 11) is -0.774. The molecule has 0 radical (unpaired) electrons. The van der Waals surface area contributed by atoms with Crippen molar-refractivity contribution in [2.45, 2.75) is 19.9 Å². The monoisotopic (exact) mass is 407 g/mol. The van der Waals surface area contributed by atoms with Crippen LogP contribution in [0.2, 0.25) is 5.02 Å². The fraction of sp³-hybridized carbons (Fsp3) is 0.208. The largest absolute Gasteiger partial charge is 0.475 e. The second-order valence-corrected chi connectivity index (χ2v) is 9.85. The first kappa shape index (κ1) is 19.2. The van der Waals surface area contributed by atoms with Crippen LogP contribution >= 0.6 is 19.5 Å². The van der Waals surface area contributed by atoms with Gasteiger partial charge in [-0.05, 0) is 48.0 Å². The molecule has 28 heavy (non-hydrogen) atoms. The molecule has 0 saturated carbocycles. The highest BCUT2D eigenvalue weighted by Crippen LogP contribution is 2.36. The van der Waals surface area contributed by atoms with Crippen molar-refractivity contribution in [3.05, 3.63) is 89.4 Å². The van der Waals surface area contributed by atoms with Gasteiger partial charge in [0.1, 0.15) is 6.61 Å². The lowest BCUT2D eigenvalue weighted by molar-refractivity contribution is 0.292. The maximum Gasteiger partial charge on any atom is 0.217 e. The number of ether oxygens (including phenoxy) is 1. The van der Waals surface area contributed by atoms with Crippen LogP contribution in [0.25, 0.3) is 0 Å². The molecule has 142 valence electrons. The Bertz CT molecular complexity index is 933. The minimum absolute atomic E-state index is 0.207. The summed E-state index contributed by atoms with van der Waals surface area (Å²) in [4.78, 5) is 4.88. The van der Waals surface area contributed by atoms with E-state index in [1.165, 1.54) is 15.9 Å². The summed E-state index contributed by atoms with van der Waals surface area (Å²) in [6.07, 6.45) is 0. The third-order valence-electron chi connectivity index (χ3n) is 4.90. The van der Waals surface area contributed by atoms with Crippen LogP contribution in [0.15, 0.2) is 83.9 Å². The van der Waals surface area contributed by atoms with Gasteiger partial charge in [-0.3, -0.25) is 0 Å². The smallest absolute Gasteiger partial charge is 0.217 e. The van der Waals surface area contributed by atoms with Crippen molar-refractivity contribution in [3.63, 3.8) is 0 Å². The van der Waals surface area contributed by atoms with Gasteiger partial charge in [0, 0.05) is 10.6 Å². The van der Waals surface area contributed by atoms with Gasteiger partial charge in [0.05, 0.1) is 6.04 Å². The summed E-state index contributed by atoms with van der Waals surface area (Å²) >= 11 is 6.45. The number of hydrogen-bond acceptors (Lipinski definition) is 2. The van der Waals surface area contributed by atoms with Gasteiger partial charge in [-0.25, -0.2) is 4.99 Å². The highest BCUT2D eigenvalue weighted by molar-refractivity contribution is 7.80. The minimum atomic E-state index is -0.774. The Balaban J connectivity index is 1.88. The summed E-state index contributed by atoms with van der Waals surface area (Å²) in [6, 6.07) is 27.5. The summed E-state index contributed by atoms with van der Waals surface area (Å²) in [5, 5.41) is 4.48. The Morgan fingerprint density at radius 2 is 1.54 bits per heavy atom. The van der Waals surface area contributed by atoms with E-state index in [4.69, 9.17) is 21.3 Å². The number of hydrogen-bond donors (Lipinski definition) is 0. The van der Waals surface area contributed by atoms with E-state index in [-0.39, 0.29) is 6.04 Å². The maximum atomic E-state index is 6.45. The predicted molar refractivity (Wildman–Crippen MR) is 121 cm³/mol. The van der Waals surface area contributed by atoms with Crippen molar-refractivity contribution in [3.8, 4) is 0 Å². The molecule has 0 saturated heterocycles. The van der Waals surface area contributed by atoms with Gasteiger partial charge in [-0.2, -0.15) is 0 Å². The second-order valence-electron chi connectivity index (χ2n) is 7.22. The molecule has 0 N–H and O–H groups in total. The number of rotatable bonds is 5. The molecular weight excluding hydrogens is 385 g/mol. The van der Waals surface area contributed by atoms with Gasteiger partial charge >= 0.3 is 0 Å². The Kier molecular flexibility index (Phi) is 5.80. The SMILES string of the molecule is CC(C)[C@@H]1COC(c2ccc(Cl)cc2P(c2ccccc2)c2ccccc2)=N1. The lowest BCUT2D eigenvalue weighted by atomic mass is 10.1. The zero-order valence-electron chi connectivity index (χ0n) is 16.0. The van der Waals surface area contributed by atoms with Gasteiger partial charge in [-0.15, -0.1) is 0 Å². The highest BCUT2D eigenvalue weighted by Gasteiger charge is 2.27. The fourth-order valence-electron chi connectivity index (χ4n) is 3.33. The molecule has 4 heteroatoms. The molecule has 0 amide bonds. The molecule has 2 nitrogen and oxygen atoms in total. The van der Waals surface area contributed by atoms with Gasteiger partial charge in [0.2, 0.25) is 5.90 Å². The quantitative estimate of drug-likeness (QED) is 0.551. The van der Waals surface area contributed by atoms with E-state index >= 15 is 0 Å². The Morgan fingerprint density at radius 3 is 2.07 bits per heavy atom. The summed E-state index contributed by atoms with van der Waals surface area (Å²) < 4.78 is 6.03. The number of nitrogens with zero attached hydrogens (tertiary/aromatic N) is 1. The molecule has 1 heterocycles. The summed E-state index contributed by atoms with van der Waals surface area (Å²) in [5.41, 5.74) is 1.05. The topological polar surface area (TPSA) is 21.6 Å². The van der Waals surface area contributed by atoms with Gasteiger partial charge in [0.25, 0.3) is 0 Å². The van der Waals surface area contributed by atoms with Crippen LogP contribution in [-0.2, 0) is 4.74 Å². The predicted octanol–water partition coefficient (Wildman–Crippen LogP) is 4.90. The van der Waals surface area contributed by atoms with Gasteiger partial charge < -0.3 is 4.74 Å². The lowest BCUT2D eigenvalue weighted by Crippen LogP contribution is -2.25. The van der Waals surface area contributed by atoms with Crippen LogP contribution in [0.5, 0.6) is 0 Å². The van der Waals surface area contributed by atoms with Crippen LogP contribution in [0.3, 0.4) is 0 Å². The fourth-order valence-corrected chi connectivity index (χ4v) is 6.05. The second kappa shape index (κ2) is 8.47. The average molecular weight is 408 g/mol. The van der Waals surface area contributed by atoms with Crippen molar-refractivity contribution < 1.29 is 4.74 Å². The molecule has 0 aliphatic carbocycles. The molecule has 0 unspecified atom stereocenters. The first-order valence-corrected chi connectivity index (χ1v) is 11.3. The lowest BCUT2D eigenvalue weighted by Gasteiger charge is -2.22. The van der Waals surface area contributed by atoms with Crippen LogP contribution < -0.4 is 15.9 Å². The molecule has 1 aliphatic rings. The van der Waals surface area contributed by atoms with Crippen molar-refractivity contribution in [1.82, 2.24) is 0 Å². The standard InChI is InChI=1S/C24H23ClNOP/c1-17(2)22-16-27-24(26-22)21-14-13-18(25)15-23(21)28(19-9-5-3-6-10-19)20-11-7-4-8-12-20/h3-15,17,22H,16H2,1-2H3/t22-/m0/s1.